The molecule has 2 heterocycles. The highest BCUT2D eigenvalue weighted by Crippen LogP contribution is 2.46. The molecule has 11 aromatic carbocycles. The molecule has 0 radical (unpaired) electrons. The monoisotopic (exact) mass is 792 g/mol. The Bertz CT molecular complexity index is 3880. The average Bonchev–Trinajstić information content (AvgIpc) is 3.92. The van der Waals surface area contributed by atoms with E-state index in [0.717, 1.165) is 99.5 Å². The van der Waals surface area contributed by atoms with Gasteiger partial charge in [0, 0.05) is 60.5 Å². The molecular formula is C58H36N2O2. The quantitative estimate of drug-likeness (QED) is 0.168. The Morgan fingerprint density at radius 3 is 1.29 bits per heavy atom. The van der Waals surface area contributed by atoms with E-state index >= 15 is 0 Å². The summed E-state index contributed by atoms with van der Waals surface area (Å²) in [4.78, 5) is 4.69. The number of rotatable bonds is 6. The number of benzene rings is 11. The Labute approximate surface area is 356 Å². The van der Waals surface area contributed by atoms with Crippen LogP contribution in [0.4, 0.5) is 34.1 Å². The number of para-hydroxylation sites is 2. The fraction of sp³-hybridized carbons (Fsp3) is 0. The third kappa shape index (κ3) is 5.27. The van der Waals surface area contributed by atoms with Crippen LogP contribution in [0.15, 0.2) is 227 Å². The van der Waals surface area contributed by atoms with E-state index in [9.17, 15) is 0 Å². The van der Waals surface area contributed by atoms with Crippen LogP contribution < -0.4 is 9.80 Å². The van der Waals surface area contributed by atoms with E-state index in [-0.39, 0.29) is 0 Å². The fourth-order valence-electron chi connectivity index (χ4n) is 9.73. The van der Waals surface area contributed by atoms with E-state index in [1.54, 1.807) is 0 Å². The second-order valence-electron chi connectivity index (χ2n) is 16.1. The lowest BCUT2D eigenvalue weighted by molar-refractivity contribution is 0.666. The maximum absolute atomic E-state index is 6.99. The van der Waals surface area contributed by atoms with Crippen molar-refractivity contribution in [3.05, 3.63) is 218 Å². The molecule has 2 aromatic heterocycles. The van der Waals surface area contributed by atoms with Crippen molar-refractivity contribution >= 4 is 121 Å². The first-order valence-corrected chi connectivity index (χ1v) is 21.1. The molecule has 0 amide bonds. The molecular weight excluding hydrogens is 757 g/mol. The maximum atomic E-state index is 6.99. The summed E-state index contributed by atoms with van der Waals surface area (Å²) in [5.41, 5.74) is 10.0. The predicted octanol–water partition coefficient (Wildman–Crippen LogP) is 17.0. The lowest BCUT2D eigenvalue weighted by Crippen LogP contribution is -2.10. The molecule has 0 bridgehead atoms. The van der Waals surface area contributed by atoms with Gasteiger partial charge in [-0.15, -0.1) is 0 Å². The van der Waals surface area contributed by atoms with Crippen LogP contribution in [-0.4, -0.2) is 0 Å². The van der Waals surface area contributed by atoms with Crippen LogP contribution in [0.1, 0.15) is 0 Å². The first kappa shape index (κ1) is 34.5. The third-order valence-electron chi connectivity index (χ3n) is 12.6. The van der Waals surface area contributed by atoms with E-state index in [0.29, 0.717) is 0 Å². The molecule has 0 aliphatic rings. The van der Waals surface area contributed by atoms with Gasteiger partial charge in [-0.25, -0.2) is 0 Å². The molecule has 0 aliphatic heterocycles. The van der Waals surface area contributed by atoms with Gasteiger partial charge in [0.1, 0.15) is 22.3 Å². The number of hydrogen-bond acceptors (Lipinski definition) is 4. The molecule has 0 saturated carbocycles. The van der Waals surface area contributed by atoms with Crippen LogP contribution in [-0.2, 0) is 0 Å². The summed E-state index contributed by atoms with van der Waals surface area (Å²) in [5.74, 6) is 0. The normalized spacial score (nSPS) is 11.9. The smallest absolute Gasteiger partial charge is 0.147 e. The minimum atomic E-state index is 0.810. The molecule has 0 aliphatic carbocycles. The van der Waals surface area contributed by atoms with Gasteiger partial charge in [0.2, 0.25) is 0 Å². The molecule has 4 nitrogen and oxygen atoms in total. The minimum absolute atomic E-state index is 0.810. The van der Waals surface area contributed by atoms with Gasteiger partial charge in [-0.1, -0.05) is 121 Å². The van der Waals surface area contributed by atoms with Crippen molar-refractivity contribution in [1.82, 2.24) is 0 Å². The standard InChI is InChI=1S/C58H36N2O2/c1-3-17-41(18-4-1)59(52-23-11-15-37-13-7-9-21-45(37)52)43-27-31-47-39(35-43)25-29-49-50-33-34-54-55(58(50)62-56(47)49)51-30-26-40-36-44(28-32-48(40)57(51)61-54)60(42-19-5-2-6-20-42)53-24-12-16-38-14-8-10-22-46(38)53/h1-36H. The van der Waals surface area contributed by atoms with Crippen LogP contribution in [0.3, 0.4) is 0 Å². The lowest BCUT2D eigenvalue weighted by Gasteiger charge is -2.27. The Kier molecular flexibility index (Phi) is 7.57. The molecule has 0 unspecified atom stereocenters. The van der Waals surface area contributed by atoms with Crippen LogP contribution in [0, 0.1) is 0 Å². The van der Waals surface area contributed by atoms with Crippen molar-refractivity contribution in [3.63, 3.8) is 0 Å². The van der Waals surface area contributed by atoms with Crippen molar-refractivity contribution in [3.8, 4) is 0 Å². The summed E-state index contributed by atoms with van der Waals surface area (Å²) in [7, 11) is 0. The lowest BCUT2D eigenvalue weighted by atomic mass is 10.0. The van der Waals surface area contributed by atoms with Crippen LogP contribution in [0.5, 0.6) is 0 Å². The summed E-state index contributed by atoms with van der Waals surface area (Å²) in [6.07, 6.45) is 0. The summed E-state index contributed by atoms with van der Waals surface area (Å²) in [6.45, 7) is 0. The summed E-state index contributed by atoms with van der Waals surface area (Å²) >= 11 is 0. The Morgan fingerprint density at radius 1 is 0.258 bits per heavy atom. The number of nitrogens with zero attached hydrogens (tertiary/aromatic N) is 2. The van der Waals surface area contributed by atoms with Crippen molar-refractivity contribution in [2.24, 2.45) is 0 Å². The Balaban J connectivity index is 0.951. The van der Waals surface area contributed by atoms with E-state index in [2.05, 4.69) is 228 Å². The number of fused-ring (bicyclic) bond motifs is 13. The fourth-order valence-corrected chi connectivity index (χ4v) is 9.73. The van der Waals surface area contributed by atoms with Crippen molar-refractivity contribution in [2.45, 2.75) is 0 Å². The van der Waals surface area contributed by atoms with Crippen molar-refractivity contribution in [2.75, 3.05) is 9.80 Å². The first-order chi connectivity index (χ1) is 30.7. The first-order valence-electron chi connectivity index (χ1n) is 21.1. The summed E-state index contributed by atoms with van der Waals surface area (Å²) in [5, 5.41) is 13.4. The van der Waals surface area contributed by atoms with Crippen molar-refractivity contribution < 1.29 is 8.83 Å². The third-order valence-corrected chi connectivity index (χ3v) is 12.6. The molecule has 4 heteroatoms. The predicted molar refractivity (Wildman–Crippen MR) is 260 cm³/mol. The molecule has 290 valence electrons. The molecule has 0 spiro atoms. The second-order valence-corrected chi connectivity index (χ2v) is 16.1. The van der Waals surface area contributed by atoms with Gasteiger partial charge in [-0.3, -0.25) is 0 Å². The largest absolute Gasteiger partial charge is 0.455 e. The van der Waals surface area contributed by atoms with Gasteiger partial charge in [0.25, 0.3) is 0 Å². The molecule has 62 heavy (non-hydrogen) atoms. The zero-order valence-electron chi connectivity index (χ0n) is 33.5. The highest BCUT2D eigenvalue weighted by Gasteiger charge is 2.22. The van der Waals surface area contributed by atoms with Crippen LogP contribution in [0.2, 0.25) is 0 Å². The molecule has 0 saturated heterocycles. The molecule has 13 aromatic rings. The van der Waals surface area contributed by atoms with Gasteiger partial charge < -0.3 is 18.6 Å². The molecule has 0 N–H and O–H groups in total. The number of furan rings is 2. The van der Waals surface area contributed by atoms with Crippen LogP contribution in [0.25, 0.3) is 87.0 Å². The van der Waals surface area contributed by atoms with E-state index in [1.807, 2.05) is 0 Å². The molecule has 0 atom stereocenters. The van der Waals surface area contributed by atoms with Crippen molar-refractivity contribution in [1.29, 1.82) is 0 Å². The van der Waals surface area contributed by atoms with Gasteiger partial charge in [0.05, 0.1) is 16.8 Å². The number of hydrogen-bond donors (Lipinski definition) is 0. The van der Waals surface area contributed by atoms with E-state index in [4.69, 9.17) is 8.83 Å². The Hall–Kier alpha value is -8.34. The summed E-state index contributed by atoms with van der Waals surface area (Å²) < 4.78 is 13.8. The van der Waals surface area contributed by atoms with Crippen LogP contribution >= 0.6 is 0 Å². The molecule has 13 rings (SSSR count). The van der Waals surface area contributed by atoms with E-state index < -0.39 is 0 Å². The molecule has 0 fully saturated rings. The number of anilines is 6. The van der Waals surface area contributed by atoms with Gasteiger partial charge in [-0.2, -0.15) is 0 Å². The van der Waals surface area contributed by atoms with Gasteiger partial charge >= 0.3 is 0 Å². The minimum Gasteiger partial charge on any atom is -0.455 e. The highest BCUT2D eigenvalue weighted by molar-refractivity contribution is 6.27. The zero-order chi connectivity index (χ0) is 40.7. The highest BCUT2D eigenvalue weighted by atomic mass is 16.3. The Morgan fingerprint density at radius 2 is 0.710 bits per heavy atom. The second kappa shape index (κ2) is 13.6. The van der Waals surface area contributed by atoms with E-state index in [1.165, 1.54) is 21.5 Å². The average molecular weight is 793 g/mol. The van der Waals surface area contributed by atoms with Gasteiger partial charge in [0.15, 0.2) is 0 Å². The zero-order valence-corrected chi connectivity index (χ0v) is 33.5. The topological polar surface area (TPSA) is 32.8 Å². The summed E-state index contributed by atoms with van der Waals surface area (Å²) in [6, 6.07) is 77.8. The van der Waals surface area contributed by atoms with Gasteiger partial charge in [-0.05, 0) is 119 Å². The maximum Gasteiger partial charge on any atom is 0.147 e. The SMILES string of the molecule is c1ccc(N(c2ccc3c(ccc4c5ccc6oc7c8ccc(N(c9ccccc9)c9cccc%10ccccc9%10)cc8ccc7c6c5oc34)c2)c2cccc3ccccc23)cc1.